The van der Waals surface area contributed by atoms with E-state index in [1.807, 2.05) is 0 Å². The van der Waals surface area contributed by atoms with Crippen LogP contribution >= 0.6 is 0 Å². The Bertz CT molecular complexity index is 709. The molecule has 3 N–H and O–H groups in total. The molecule has 0 bridgehead atoms. The lowest BCUT2D eigenvalue weighted by atomic mass is 9.76. The second-order valence-corrected chi connectivity index (χ2v) is 6.37. The predicted molar refractivity (Wildman–Crippen MR) is 90.8 cm³/mol. The molecule has 1 aliphatic carbocycles. The van der Waals surface area contributed by atoms with E-state index in [9.17, 15) is 4.79 Å². The number of carbonyl (C=O) groups is 1. The number of hydrogen-bond donors (Lipinski definition) is 3. The Morgan fingerprint density at radius 2 is 1.88 bits per heavy atom. The third-order valence-corrected chi connectivity index (χ3v) is 4.64. The van der Waals surface area contributed by atoms with Crippen molar-refractivity contribution in [3.63, 3.8) is 0 Å². The van der Waals surface area contributed by atoms with Gasteiger partial charge in [-0.25, -0.2) is 15.4 Å². The standard InChI is InChI=1S/C18H22N4O2/c1-13-6-5-7-15(10-13)18(8-3-2-4-9-18)21-17-19-11-14(12-20-17)16(23)22-24/h5-7,10-12,24H,2-4,8-9H2,1H3,(H,22,23)(H,19,20,21). The van der Waals surface area contributed by atoms with Crippen LogP contribution in [0.2, 0.25) is 0 Å². The summed E-state index contributed by atoms with van der Waals surface area (Å²) >= 11 is 0. The number of rotatable bonds is 4. The van der Waals surface area contributed by atoms with Gasteiger partial charge in [-0.3, -0.25) is 10.0 Å². The van der Waals surface area contributed by atoms with Crippen molar-refractivity contribution in [2.75, 3.05) is 5.32 Å². The quantitative estimate of drug-likeness (QED) is 0.593. The number of aromatic nitrogens is 2. The number of hydrogen-bond acceptors (Lipinski definition) is 5. The number of nitrogens with one attached hydrogen (secondary N) is 2. The van der Waals surface area contributed by atoms with Gasteiger partial charge in [0.15, 0.2) is 0 Å². The normalized spacial score (nSPS) is 16.4. The van der Waals surface area contributed by atoms with Gasteiger partial charge < -0.3 is 5.32 Å². The number of nitrogens with zero attached hydrogens (tertiary/aromatic N) is 2. The van der Waals surface area contributed by atoms with Crippen LogP contribution < -0.4 is 10.8 Å². The summed E-state index contributed by atoms with van der Waals surface area (Å²) in [5, 5.41) is 12.2. The van der Waals surface area contributed by atoms with Crippen LogP contribution in [0.25, 0.3) is 0 Å². The first-order valence-electron chi connectivity index (χ1n) is 8.25. The molecule has 1 aromatic carbocycles. The molecular weight excluding hydrogens is 304 g/mol. The third kappa shape index (κ3) is 3.38. The van der Waals surface area contributed by atoms with Gasteiger partial charge in [0.25, 0.3) is 5.91 Å². The van der Waals surface area contributed by atoms with E-state index in [1.165, 1.54) is 29.9 Å². The second kappa shape index (κ2) is 6.97. The zero-order valence-electron chi connectivity index (χ0n) is 13.7. The molecule has 24 heavy (non-hydrogen) atoms. The summed E-state index contributed by atoms with van der Waals surface area (Å²) < 4.78 is 0. The Morgan fingerprint density at radius 3 is 2.50 bits per heavy atom. The minimum absolute atomic E-state index is 0.176. The number of carbonyl (C=O) groups excluding carboxylic acids is 1. The van der Waals surface area contributed by atoms with Crippen LogP contribution in [0.15, 0.2) is 36.7 Å². The molecule has 1 aliphatic rings. The lowest BCUT2D eigenvalue weighted by Gasteiger charge is -2.39. The first kappa shape index (κ1) is 16.4. The van der Waals surface area contributed by atoms with E-state index < -0.39 is 5.91 Å². The fourth-order valence-corrected chi connectivity index (χ4v) is 3.37. The maximum atomic E-state index is 11.4. The SMILES string of the molecule is Cc1cccc(C2(Nc3ncc(C(=O)NO)cn3)CCCCC2)c1. The van der Waals surface area contributed by atoms with E-state index in [0.717, 1.165) is 25.7 Å². The van der Waals surface area contributed by atoms with Crippen molar-refractivity contribution in [2.45, 2.75) is 44.6 Å². The van der Waals surface area contributed by atoms with E-state index in [2.05, 4.69) is 46.5 Å². The molecule has 1 fully saturated rings. The molecule has 0 radical (unpaired) electrons. The van der Waals surface area contributed by atoms with E-state index in [4.69, 9.17) is 5.21 Å². The number of amides is 1. The summed E-state index contributed by atoms with van der Waals surface area (Å²) in [5.74, 6) is -0.125. The Labute approximate surface area is 141 Å². The maximum absolute atomic E-state index is 11.4. The monoisotopic (exact) mass is 326 g/mol. The van der Waals surface area contributed by atoms with E-state index in [1.54, 1.807) is 5.48 Å². The summed E-state index contributed by atoms with van der Waals surface area (Å²) in [4.78, 5) is 19.9. The summed E-state index contributed by atoms with van der Waals surface area (Å²) in [6, 6.07) is 8.54. The highest BCUT2D eigenvalue weighted by atomic mass is 16.5. The van der Waals surface area contributed by atoms with Gasteiger partial charge in [-0.1, -0.05) is 49.1 Å². The summed E-state index contributed by atoms with van der Waals surface area (Å²) in [5.41, 5.74) is 4.11. The molecule has 1 saturated carbocycles. The highest BCUT2D eigenvalue weighted by Crippen LogP contribution is 2.39. The zero-order chi connectivity index (χ0) is 17.0. The smallest absolute Gasteiger partial charge is 0.277 e. The second-order valence-electron chi connectivity index (χ2n) is 6.37. The van der Waals surface area contributed by atoms with Crippen LogP contribution in [-0.4, -0.2) is 21.1 Å². The van der Waals surface area contributed by atoms with E-state index >= 15 is 0 Å². The minimum atomic E-state index is -0.618. The summed E-state index contributed by atoms with van der Waals surface area (Å²) in [6.45, 7) is 2.10. The minimum Gasteiger partial charge on any atom is -0.345 e. The van der Waals surface area contributed by atoms with Crippen LogP contribution in [0.1, 0.15) is 53.6 Å². The van der Waals surface area contributed by atoms with Gasteiger partial charge >= 0.3 is 0 Å². The molecule has 1 heterocycles. The first-order valence-corrected chi connectivity index (χ1v) is 8.25. The third-order valence-electron chi connectivity index (χ3n) is 4.64. The van der Waals surface area contributed by atoms with Crippen LogP contribution in [0, 0.1) is 6.92 Å². The highest BCUT2D eigenvalue weighted by Gasteiger charge is 2.34. The predicted octanol–water partition coefficient (Wildman–Crippen LogP) is 3.18. The Kier molecular flexibility index (Phi) is 4.76. The first-order chi connectivity index (χ1) is 11.6. The molecule has 0 unspecified atom stereocenters. The fourth-order valence-electron chi connectivity index (χ4n) is 3.37. The Balaban J connectivity index is 1.88. The molecule has 0 aliphatic heterocycles. The zero-order valence-corrected chi connectivity index (χ0v) is 13.7. The van der Waals surface area contributed by atoms with Crippen molar-refractivity contribution in [3.8, 4) is 0 Å². The van der Waals surface area contributed by atoms with Crippen molar-refractivity contribution in [3.05, 3.63) is 53.3 Å². The number of benzene rings is 1. The van der Waals surface area contributed by atoms with Gasteiger partial charge in [0, 0.05) is 12.4 Å². The molecule has 126 valence electrons. The Morgan fingerprint density at radius 1 is 1.17 bits per heavy atom. The number of aryl methyl sites for hydroxylation is 1. The molecular formula is C18H22N4O2. The van der Waals surface area contributed by atoms with Gasteiger partial charge in [0.05, 0.1) is 11.1 Å². The largest absolute Gasteiger partial charge is 0.345 e. The van der Waals surface area contributed by atoms with Gasteiger partial charge in [-0.2, -0.15) is 0 Å². The average molecular weight is 326 g/mol. The van der Waals surface area contributed by atoms with E-state index in [-0.39, 0.29) is 11.1 Å². The van der Waals surface area contributed by atoms with E-state index in [0.29, 0.717) is 5.95 Å². The summed E-state index contributed by atoms with van der Waals surface area (Å²) in [7, 11) is 0. The molecule has 0 spiro atoms. The number of anilines is 1. The van der Waals surface area contributed by atoms with Crippen LogP contribution in [0.5, 0.6) is 0 Å². The molecule has 6 heteroatoms. The molecule has 6 nitrogen and oxygen atoms in total. The number of hydroxylamine groups is 1. The van der Waals surface area contributed by atoms with Gasteiger partial charge in [0.1, 0.15) is 0 Å². The molecule has 1 amide bonds. The average Bonchev–Trinajstić information content (AvgIpc) is 2.62. The van der Waals surface area contributed by atoms with Crippen molar-refractivity contribution in [1.82, 2.24) is 15.4 Å². The van der Waals surface area contributed by atoms with Crippen molar-refractivity contribution < 1.29 is 10.0 Å². The van der Waals surface area contributed by atoms with Gasteiger partial charge in [-0.05, 0) is 25.3 Å². The molecule has 1 aromatic heterocycles. The fraction of sp³-hybridized carbons (Fsp3) is 0.389. The molecule has 3 rings (SSSR count). The Hall–Kier alpha value is -2.47. The molecule has 0 atom stereocenters. The molecule has 0 saturated heterocycles. The van der Waals surface area contributed by atoms with Crippen molar-refractivity contribution >= 4 is 11.9 Å². The maximum Gasteiger partial charge on any atom is 0.277 e. The lowest BCUT2D eigenvalue weighted by Crippen LogP contribution is -2.38. The summed E-state index contributed by atoms with van der Waals surface area (Å²) in [6.07, 6.45) is 8.43. The van der Waals surface area contributed by atoms with Crippen molar-refractivity contribution in [2.24, 2.45) is 0 Å². The van der Waals surface area contributed by atoms with Crippen LogP contribution in [-0.2, 0) is 5.54 Å². The van der Waals surface area contributed by atoms with Gasteiger partial charge in [0.2, 0.25) is 5.95 Å². The van der Waals surface area contributed by atoms with Gasteiger partial charge in [-0.15, -0.1) is 0 Å². The molecule has 2 aromatic rings. The topological polar surface area (TPSA) is 87.1 Å². The van der Waals surface area contributed by atoms with Crippen LogP contribution in [0.4, 0.5) is 5.95 Å². The van der Waals surface area contributed by atoms with Crippen LogP contribution in [0.3, 0.4) is 0 Å². The lowest BCUT2D eigenvalue weighted by molar-refractivity contribution is 0.0705. The highest BCUT2D eigenvalue weighted by molar-refractivity contribution is 5.92. The van der Waals surface area contributed by atoms with Crippen molar-refractivity contribution in [1.29, 1.82) is 0 Å².